The molecule has 2 aromatic rings. The molecule has 1 atom stereocenters. The second-order valence-corrected chi connectivity index (χ2v) is 6.06. The molecule has 21 heavy (non-hydrogen) atoms. The third-order valence-corrected chi connectivity index (χ3v) is 4.05. The SMILES string of the molecule is CCCNC(=O)[C@H](C)Sc1nnc(C)n1-c1ccccc1. The maximum Gasteiger partial charge on any atom is 0.233 e. The highest BCUT2D eigenvalue weighted by molar-refractivity contribution is 8.00. The molecule has 0 saturated heterocycles. The lowest BCUT2D eigenvalue weighted by Gasteiger charge is -2.12. The van der Waals surface area contributed by atoms with Gasteiger partial charge in [0.25, 0.3) is 0 Å². The quantitative estimate of drug-likeness (QED) is 0.833. The van der Waals surface area contributed by atoms with E-state index in [1.807, 2.05) is 55.7 Å². The van der Waals surface area contributed by atoms with Gasteiger partial charge in [-0.15, -0.1) is 10.2 Å². The van der Waals surface area contributed by atoms with Crippen molar-refractivity contribution >= 4 is 17.7 Å². The number of benzene rings is 1. The van der Waals surface area contributed by atoms with Crippen molar-refractivity contribution in [3.8, 4) is 5.69 Å². The van der Waals surface area contributed by atoms with Crippen LogP contribution in [0.3, 0.4) is 0 Å². The molecule has 0 saturated carbocycles. The predicted octanol–water partition coefficient (Wildman–Crippen LogP) is 2.58. The second-order valence-electron chi connectivity index (χ2n) is 4.75. The average molecular weight is 304 g/mol. The van der Waals surface area contributed by atoms with E-state index in [0.29, 0.717) is 6.54 Å². The first-order valence-electron chi connectivity index (χ1n) is 7.05. The molecule has 1 amide bonds. The summed E-state index contributed by atoms with van der Waals surface area (Å²) in [6, 6.07) is 9.92. The lowest BCUT2D eigenvalue weighted by Crippen LogP contribution is -2.31. The maximum atomic E-state index is 12.0. The largest absolute Gasteiger partial charge is 0.355 e. The Morgan fingerprint density at radius 2 is 2.05 bits per heavy atom. The minimum atomic E-state index is -0.206. The summed E-state index contributed by atoms with van der Waals surface area (Å²) < 4.78 is 1.97. The van der Waals surface area contributed by atoms with Crippen molar-refractivity contribution in [2.75, 3.05) is 6.54 Å². The summed E-state index contributed by atoms with van der Waals surface area (Å²) >= 11 is 1.42. The van der Waals surface area contributed by atoms with E-state index in [0.717, 1.165) is 23.1 Å². The van der Waals surface area contributed by atoms with Crippen LogP contribution >= 0.6 is 11.8 Å². The molecule has 2 rings (SSSR count). The Kier molecular flexibility index (Phi) is 5.38. The van der Waals surface area contributed by atoms with Crippen LogP contribution < -0.4 is 5.32 Å². The Hall–Kier alpha value is -1.82. The Labute approximate surface area is 129 Å². The highest BCUT2D eigenvalue weighted by atomic mass is 32.2. The number of nitrogens with one attached hydrogen (secondary N) is 1. The number of thioether (sulfide) groups is 1. The minimum Gasteiger partial charge on any atom is -0.355 e. The van der Waals surface area contributed by atoms with Crippen LogP contribution in [0.4, 0.5) is 0 Å². The predicted molar refractivity (Wildman–Crippen MR) is 84.7 cm³/mol. The first-order chi connectivity index (χ1) is 10.1. The van der Waals surface area contributed by atoms with Gasteiger partial charge in [-0.3, -0.25) is 9.36 Å². The molecular formula is C15H20N4OS. The lowest BCUT2D eigenvalue weighted by atomic mass is 10.3. The van der Waals surface area contributed by atoms with Gasteiger partial charge >= 0.3 is 0 Å². The molecule has 0 unspecified atom stereocenters. The number of hydrogen-bond donors (Lipinski definition) is 1. The van der Waals surface area contributed by atoms with Crippen molar-refractivity contribution in [2.45, 2.75) is 37.6 Å². The first kappa shape index (κ1) is 15.6. The molecule has 0 aliphatic carbocycles. The number of para-hydroxylation sites is 1. The highest BCUT2D eigenvalue weighted by Crippen LogP contribution is 2.25. The van der Waals surface area contributed by atoms with Crippen LogP contribution in [0, 0.1) is 6.92 Å². The molecular weight excluding hydrogens is 284 g/mol. The minimum absolute atomic E-state index is 0.0297. The van der Waals surface area contributed by atoms with E-state index in [1.165, 1.54) is 11.8 Å². The highest BCUT2D eigenvalue weighted by Gasteiger charge is 2.19. The fraction of sp³-hybridized carbons (Fsp3) is 0.400. The average Bonchev–Trinajstić information content (AvgIpc) is 2.86. The number of aryl methyl sites for hydroxylation is 1. The molecule has 6 heteroatoms. The molecule has 5 nitrogen and oxygen atoms in total. The monoisotopic (exact) mass is 304 g/mol. The van der Waals surface area contributed by atoms with E-state index in [9.17, 15) is 4.79 Å². The van der Waals surface area contributed by atoms with E-state index in [2.05, 4.69) is 15.5 Å². The third kappa shape index (κ3) is 3.85. The molecule has 0 spiro atoms. The van der Waals surface area contributed by atoms with Crippen LogP contribution in [0.2, 0.25) is 0 Å². The molecule has 0 bridgehead atoms. The van der Waals surface area contributed by atoms with Gasteiger partial charge in [0.15, 0.2) is 5.16 Å². The van der Waals surface area contributed by atoms with Crippen LogP contribution in [0.1, 0.15) is 26.1 Å². The van der Waals surface area contributed by atoms with Gasteiger partial charge in [-0.1, -0.05) is 36.9 Å². The molecule has 0 aliphatic heterocycles. The van der Waals surface area contributed by atoms with Crippen molar-refractivity contribution in [2.24, 2.45) is 0 Å². The molecule has 0 fully saturated rings. The van der Waals surface area contributed by atoms with E-state index in [-0.39, 0.29) is 11.2 Å². The lowest BCUT2D eigenvalue weighted by molar-refractivity contribution is -0.120. The number of amides is 1. The van der Waals surface area contributed by atoms with Crippen molar-refractivity contribution in [1.82, 2.24) is 20.1 Å². The smallest absolute Gasteiger partial charge is 0.233 e. The van der Waals surface area contributed by atoms with Gasteiger partial charge in [-0.05, 0) is 32.4 Å². The Bertz CT molecular complexity index is 597. The maximum absolute atomic E-state index is 12.0. The molecule has 1 heterocycles. The summed E-state index contributed by atoms with van der Waals surface area (Å²) in [5, 5.41) is 11.7. The summed E-state index contributed by atoms with van der Waals surface area (Å²) in [5.41, 5.74) is 1.00. The van der Waals surface area contributed by atoms with Crippen molar-refractivity contribution in [3.63, 3.8) is 0 Å². The number of rotatable bonds is 6. The summed E-state index contributed by atoms with van der Waals surface area (Å²) in [4.78, 5) is 12.0. The van der Waals surface area contributed by atoms with Crippen LogP contribution in [-0.2, 0) is 4.79 Å². The molecule has 1 aromatic carbocycles. The number of carbonyl (C=O) groups excluding carboxylic acids is 1. The van der Waals surface area contributed by atoms with Gasteiger partial charge in [0.05, 0.1) is 5.25 Å². The molecule has 112 valence electrons. The number of hydrogen-bond acceptors (Lipinski definition) is 4. The van der Waals surface area contributed by atoms with E-state index in [1.54, 1.807) is 0 Å². The normalized spacial score (nSPS) is 12.1. The molecule has 0 aliphatic rings. The van der Waals surface area contributed by atoms with Gasteiger partial charge in [0.1, 0.15) is 5.82 Å². The fourth-order valence-electron chi connectivity index (χ4n) is 1.90. The standard InChI is InChI=1S/C15H20N4OS/c1-4-10-16-14(20)11(2)21-15-18-17-12(3)19(15)13-8-6-5-7-9-13/h5-9,11H,4,10H2,1-3H3,(H,16,20)/t11-/m0/s1. The summed E-state index contributed by atoms with van der Waals surface area (Å²) in [6.45, 7) is 6.53. The van der Waals surface area contributed by atoms with E-state index in [4.69, 9.17) is 0 Å². The second kappa shape index (κ2) is 7.26. The molecule has 1 aromatic heterocycles. The zero-order valence-corrected chi connectivity index (χ0v) is 13.4. The van der Waals surface area contributed by atoms with Crippen LogP contribution in [0.5, 0.6) is 0 Å². The summed E-state index contributed by atoms with van der Waals surface area (Å²) in [6.07, 6.45) is 0.933. The Morgan fingerprint density at radius 1 is 1.33 bits per heavy atom. The third-order valence-electron chi connectivity index (χ3n) is 3.01. The van der Waals surface area contributed by atoms with Crippen molar-refractivity contribution in [3.05, 3.63) is 36.2 Å². The zero-order chi connectivity index (χ0) is 15.2. The molecule has 1 N–H and O–H groups in total. The van der Waals surface area contributed by atoms with E-state index >= 15 is 0 Å². The summed E-state index contributed by atoms with van der Waals surface area (Å²) in [5.74, 6) is 0.840. The van der Waals surface area contributed by atoms with Crippen molar-refractivity contribution in [1.29, 1.82) is 0 Å². The van der Waals surface area contributed by atoms with Crippen molar-refractivity contribution < 1.29 is 4.79 Å². The number of carbonyl (C=O) groups is 1. The van der Waals surface area contributed by atoms with Gasteiger partial charge in [-0.2, -0.15) is 0 Å². The van der Waals surface area contributed by atoms with Gasteiger partial charge in [0, 0.05) is 12.2 Å². The fourth-order valence-corrected chi connectivity index (χ4v) is 2.83. The zero-order valence-electron chi connectivity index (χ0n) is 12.5. The molecule has 0 radical (unpaired) electrons. The number of aromatic nitrogens is 3. The van der Waals surface area contributed by atoms with Gasteiger partial charge in [-0.25, -0.2) is 0 Å². The Balaban J connectivity index is 2.17. The number of nitrogens with zero attached hydrogens (tertiary/aromatic N) is 3. The topological polar surface area (TPSA) is 59.8 Å². The van der Waals surface area contributed by atoms with Crippen LogP contribution in [0.25, 0.3) is 5.69 Å². The first-order valence-corrected chi connectivity index (χ1v) is 7.93. The van der Waals surface area contributed by atoms with Crippen LogP contribution in [0.15, 0.2) is 35.5 Å². The summed E-state index contributed by atoms with van der Waals surface area (Å²) in [7, 11) is 0. The Morgan fingerprint density at radius 3 is 2.71 bits per heavy atom. The van der Waals surface area contributed by atoms with E-state index < -0.39 is 0 Å². The van der Waals surface area contributed by atoms with Gasteiger partial charge in [0.2, 0.25) is 5.91 Å². The van der Waals surface area contributed by atoms with Gasteiger partial charge < -0.3 is 5.32 Å². The van der Waals surface area contributed by atoms with Crippen LogP contribution in [-0.4, -0.2) is 32.5 Å².